The molecule has 0 aliphatic carbocycles. The third-order valence-corrected chi connectivity index (χ3v) is 5.75. The molecule has 0 saturated heterocycles. The van der Waals surface area contributed by atoms with Crippen LogP contribution in [0.2, 0.25) is 0 Å². The number of alkyl halides is 3. The first-order valence-corrected chi connectivity index (χ1v) is 13.9. The summed E-state index contributed by atoms with van der Waals surface area (Å²) in [4.78, 5) is 0. The van der Waals surface area contributed by atoms with Crippen LogP contribution in [0.3, 0.4) is 0 Å². The van der Waals surface area contributed by atoms with Crippen LogP contribution in [-0.2, 0) is 6.42 Å². The van der Waals surface area contributed by atoms with E-state index in [1.54, 1.807) is 17.1 Å². The molecule has 1 aliphatic rings. The zero-order valence-electron chi connectivity index (χ0n) is 25.6. The Morgan fingerprint density at radius 3 is 1.68 bits per heavy atom. The lowest BCUT2D eigenvalue weighted by atomic mass is 9.91. The van der Waals surface area contributed by atoms with Gasteiger partial charge in [-0.15, -0.1) is 13.2 Å². The predicted octanol–water partition coefficient (Wildman–Crippen LogP) is 10.8. The van der Waals surface area contributed by atoms with Gasteiger partial charge in [0.25, 0.3) is 0 Å². The first-order valence-electron chi connectivity index (χ1n) is 13.9. The molecule has 3 nitrogen and oxygen atoms in total. The minimum absolute atomic E-state index is 0.176. The number of aryl methyl sites for hydroxylation is 3. The Morgan fingerprint density at radius 1 is 0.805 bits per heavy atom. The summed E-state index contributed by atoms with van der Waals surface area (Å²) in [6, 6.07) is 22.9. The molecule has 0 atom stereocenters. The third kappa shape index (κ3) is 10.8. The minimum atomic E-state index is -4.60. The largest absolute Gasteiger partial charge is 0.573 e. The van der Waals surface area contributed by atoms with E-state index in [1.165, 1.54) is 23.3 Å². The lowest BCUT2D eigenvalue weighted by molar-refractivity contribution is -0.274. The third-order valence-electron chi connectivity index (χ3n) is 5.75. The van der Waals surface area contributed by atoms with Gasteiger partial charge >= 0.3 is 6.36 Å². The van der Waals surface area contributed by atoms with Crippen molar-refractivity contribution in [1.82, 2.24) is 5.01 Å². The molecule has 41 heavy (non-hydrogen) atoms. The van der Waals surface area contributed by atoms with Crippen LogP contribution < -0.4 is 4.74 Å². The first-order chi connectivity index (χ1) is 19.5. The second-order valence-corrected chi connectivity index (χ2v) is 8.80. The van der Waals surface area contributed by atoms with E-state index in [4.69, 9.17) is 0 Å². The highest BCUT2D eigenvalue weighted by atomic mass is 19.4. The topological polar surface area (TPSA) is 24.8 Å². The van der Waals surface area contributed by atoms with Crippen LogP contribution in [0.15, 0.2) is 102 Å². The van der Waals surface area contributed by atoms with Gasteiger partial charge in [-0.3, -0.25) is 0 Å². The van der Waals surface area contributed by atoms with Gasteiger partial charge in [-0.05, 0) is 56.0 Å². The highest BCUT2D eigenvalue weighted by Crippen LogP contribution is 2.37. The molecule has 3 aromatic carbocycles. The van der Waals surface area contributed by atoms with Crippen molar-refractivity contribution in [3.05, 3.63) is 125 Å². The minimum Gasteiger partial charge on any atom is -0.406 e. The lowest BCUT2D eigenvalue weighted by Gasteiger charge is -2.29. The number of allylic oxidation sites excluding steroid dienone is 3. The average molecular weight is 565 g/mol. The normalized spacial score (nSPS) is 12.3. The summed E-state index contributed by atoms with van der Waals surface area (Å²) >= 11 is 0. The molecule has 3 aromatic rings. The fraction of sp³-hybridized carbons (Fsp3) is 0.286. The van der Waals surface area contributed by atoms with Crippen LogP contribution in [0.4, 0.5) is 13.2 Å². The smallest absolute Gasteiger partial charge is 0.406 e. The van der Waals surface area contributed by atoms with Gasteiger partial charge in [0.1, 0.15) is 5.75 Å². The Bertz CT molecular complexity index is 1300. The van der Waals surface area contributed by atoms with Gasteiger partial charge in [0.05, 0.1) is 11.9 Å². The lowest BCUT2D eigenvalue weighted by Crippen LogP contribution is -2.19. The van der Waals surface area contributed by atoms with Crippen LogP contribution in [0.1, 0.15) is 69.4 Å². The summed E-state index contributed by atoms with van der Waals surface area (Å²) in [6.45, 7) is 24.3. The van der Waals surface area contributed by atoms with E-state index < -0.39 is 6.36 Å². The molecule has 0 unspecified atom stereocenters. The Kier molecular flexibility index (Phi) is 14.4. The highest BCUT2D eigenvalue weighted by Gasteiger charge is 2.30. The molecule has 0 aromatic heterocycles. The molecule has 1 heterocycles. The average Bonchev–Trinajstić information content (AvgIpc) is 2.96. The van der Waals surface area contributed by atoms with Crippen molar-refractivity contribution in [2.24, 2.45) is 5.10 Å². The summed E-state index contributed by atoms with van der Waals surface area (Å²) in [5, 5.41) is 6.33. The molecule has 220 valence electrons. The molecule has 0 N–H and O–H groups in total. The fourth-order valence-corrected chi connectivity index (χ4v) is 3.76. The van der Waals surface area contributed by atoms with Gasteiger partial charge in [0, 0.05) is 16.8 Å². The van der Waals surface area contributed by atoms with Crippen LogP contribution in [0, 0.1) is 13.8 Å². The monoisotopic (exact) mass is 564 g/mol. The maximum atomic E-state index is 11.7. The Hall–Kier alpha value is -4.06. The van der Waals surface area contributed by atoms with E-state index in [2.05, 4.69) is 85.4 Å². The van der Waals surface area contributed by atoms with E-state index in [-0.39, 0.29) is 5.75 Å². The maximum Gasteiger partial charge on any atom is 0.573 e. The van der Waals surface area contributed by atoms with Crippen molar-refractivity contribution in [2.75, 3.05) is 0 Å². The van der Waals surface area contributed by atoms with Crippen molar-refractivity contribution in [3.63, 3.8) is 0 Å². The van der Waals surface area contributed by atoms with Crippen LogP contribution in [-0.4, -0.2) is 17.6 Å². The molecule has 0 radical (unpaired) electrons. The fourth-order valence-electron chi connectivity index (χ4n) is 3.76. The molecule has 6 heteroatoms. The number of ether oxygens (including phenoxy) is 1. The second-order valence-electron chi connectivity index (χ2n) is 8.80. The zero-order valence-corrected chi connectivity index (χ0v) is 25.6. The van der Waals surface area contributed by atoms with Gasteiger partial charge in [-0.2, -0.15) is 5.10 Å². The van der Waals surface area contributed by atoms with Gasteiger partial charge in [-0.1, -0.05) is 120 Å². The standard InChI is InChI=1S/C22H22N2.C9H9F3O.2C2H6/c1-15(2)24-18(5)22(20-12-8-17(4)9-13-20)21(14-23-24)19-10-6-16(3)7-11-19;1-2-7-3-5-8(6-4-7)13-9(10,11)12;2*1-2/h6-14H,1,5H2,2-4H3;3-6H,2H2,1H3;2*1-2H3. The van der Waals surface area contributed by atoms with E-state index >= 15 is 0 Å². The molecule has 0 bridgehead atoms. The first kappa shape index (κ1) is 35.0. The Labute approximate surface area is 244 Å². The van der Waals surface area contributed by atoms with Crippen LogP contribution in [0.5, 0.6) is 5.75 Å². The van der Waals surface area contributed by atoms with Gasteiger partial charge < -0.3 is 4.74 Å². The van der Waals surface area contributed by atoms with Crippen LogP contribution in [0.25, 0.3) is 11.1 Å². The number of hydrogen-bond acceptors (Lipinski definition) is 3. The van der Waals surface area contributed by atoms with Gasteiger partial charge in [0.2, 0.25) is 0 Å². The van der Waals surface area contributed by atoms with E-state index in [0.29, 0.717) is 0 Å². The molecular weight excluding hydrogens is 521 g/mol. The van der Waals surface area contributed by atoms with E-state index in [9.17, 15) is 13.2 Å². The van der Waals surface area contributed by atoms with Crippen molar-refractivity contribution < 1.29 is 17.9 Å². The molecule has 0 amide bonds. The summed E-state index contributed by atoms with van der Waals surface area (Å²) in [5.41, 5.74) is 9.62. The molecule has 0 spiro atoms. The SMILES string of the molecule is C=C(C)N1N=CC(c2ccc(C)cc2)=C(c2ccc(C)cc2)C1=C.CC.CC.CCc1ccc(OC(F)(F)F)cc1. The van der Waals surface area contributed by atoms with Crippen molar-refractivity contribution in [2.45, 2.75) is 68.2 Å². The molecule has 1 aliphatic heterocycles. The Morgan fingerprint density at radius 2 is 1.27 bits per heavy atom. The number of halogens is 3. The van der Waals surface area contributed by atoms with E-state index in [1.807, 2.05) is 47.8 Å². The molecular formula is C35H43F3N2O. The molecule has 0 fully saturated rings. The van der Waals surface area contributed by atoms with Crippen molar-refractivity contribution >= 4 is 17.4 Å². The van der Waals surface area contributed by atoms with Crippen molar-refractivity contribution in [3.8, 4) is 5.75 Å². The molecule has 4 rings (SSSR count). The summed E-state index contributed by atoms with van der Waals surface area (Å²) in [5.74, 6) is -0.176. The maximum absolute atomic E-state index is 11.7. The van der Waals surface area contributed by atoms with Gasteiger partial charge in [0.15, 0.2) is 0 Å². The number of hydrazone groups is 1. The Balaban J connectivity index is 0.000000419. The summed E-state index contributed by atoms with van der Waals surface area (Å²) < 4.78 is 38.8. The number of nitrogens with zero attached hydrogens (tertiary/aromatic N) is 2. The van der Waals surface area contributed by atoms with Crippen molar-refractivity contribution in [1.29, 1.82) is 0 Å². The summed E-state index contributed by atoms with van der Waals surface area (Å²) in [6.07, 6.45) is -1.90. The summed E-state index contributed by atoms with van der Waals surface area (Å²) in [7, 11) is 0. The second kappa shape index (κ2) is 16.9. The number of hydrogen-bond donors (Lipinski definition) is 0. The van der Waals surface area contributed by atoms with E-state index in [0.717, 1.165) is 45.7 Å². The number of rotatable bonds is 5. The zero-order chi connectivity index (χ0) is 31.2. The highest BCUT2D eigenvalue weighted by molar-refractivity contribution is 6.22. The quantitative estimate of drug-likeness (QED) is 0.308. The number of benzene rings is 3. The van der Waals surface area contributed by atoms with Gasteiger partial charge in [-0.25, -0.2) is 5.01 Å². The predicted molar refractivity (Wildman–Crippen MR) is 169 cm³/mol. The molecule has 0 saturated carbocycles. The van der Waals surface area contributed by atoms with Crippen LogP contribution >= 0.6 is 0 Å².